The molecule has 5 heteroatoms. The third kappa shape index (κ3) is 2.57. The average Bonchev–Trinajstić information content (AvgIpc) is 2.90. The highest BCUT2D eigenvalue weighted by molar-refractivity contribution is 5.94. The summed E-state index contributed by atoms with van der Waals surface area (Å²) < 4.78 is 0. The predicted molar refractivity (Wildman–Crippen MR) is 64.3 cm³/mol. The van der Waals surface area contributed by atoms with E-state index >= 15 is 0 Å². The Labute approximate surface area is 98.6 Å². The van der Waals surface area contributed by atoms with E-state index < -0.39 is 0 Å². The van der Waals surface area contributed by atoms with Crippen LogP contribution in [-0.2, 0) is 0 Å². The summed E-state index contributed by atoms with van der Waals surface area (Å²) in [5.74, 6) is -0.159. The number of hydrogen-bond acceptors (Lipinski definition) is 3. The maximum Gasteiger partial charge on any atom is 0.253 e. The topological polar surface area (TPSA) is 70.7 Å². The molecule has 0 atom stereocenters. The number of pyridine rings is 1. The second-order valence-corrected chi connectivity index (χ2v) is 3.40. The molecule has 0 unspecified atom stereocenters. The second-order valence-electron chi connectivity index (χ2n) is 3.40. The molecule has 2 N–H and O–H groups in total. The van der Waals surface area contributed by atoms with Crippen LogP contribution in [0.5, 0.6) is 0 Å². The lowest BCUT2D eigenvalue weighted by molar-refractivity contribution is 0.0957. The van der Waals surface area contributed by atoms with Crippen molar-refractivity contribution in [3.05, 3.63) is 48.8 Å². The van der Waals surface area contributed by atoms with Gasteiger partial charge in [0.1, 0.15) is 0 Å². The molecule has 17 heavy (non-hydrogen) atoms. The zero-order valence-corrected chi connectivity index (χ0v) is 9.18. The van der Waals surface area contributed by atoms with Crippen LogP contribution < -0.4 is 5.32 Å². The van der Waals surface area contributed by atoms with E-state index in [-0.39, 0.29) is 5.91 Å². The van der Waals surface area contributed by atoms with Crippen molar-refractivity contribution in [2.24, 2.45) is 0 Å². The summed E-state index contributed by atoms with van der Waals surface area (Å²) >= 11 is 0. The Balaban J connectivity index is 2.13. The summed E-state index contributed by atoms with van der Waals surface area (Å²) in [7, 11) is 0. The molecule has 86 valence electrons. The monoisotopic (exact) mass is 228 g/mol. The van der Waals surface area contributed by atoms with Crippen molar-refractivity contribution >= 4 is 5.91 Å². The first-order valence-corrected chi connectivity index (χ1v) is 5.16. The number of nitrogens with zero attached hydrogens (tertiary/aromatic N) is 2. The smallest absolute Gasteiger partial charge is 0.253 e. The van der Waals surface area contributed by atoms with E-state index in [1.165, 1.54) is 6.20 Å². The average molecular weight is 228 g/mol. The Morgan fingerprint density at radius 1 is 1.47 bits per heavy atom. The van der Waals surface area contributed by atoms with Crippen LogP contribution in [0.3, 0.4) is 0 Å². The minimum Gasteiger partial charge on any atom is -0.349 e. The van der Waals surface area contributed by atoms with E-state index in [2.05, 4.69) is 27.1 Å². The number of aromatic amines is 1. The van der Waals surface area contributed by atoms with Crippen LogP contribution in [0.2, 0.25) is 0 Å². The van der Waals surface area contributed by atoms with Crippen LogP contribution in [0, 0.1) is 0 Å². The molecule has 0 fully saturated rings. The van der Waals surface area contributed by atoms with Crippen LogP contribution >= 0.6 is 0 Å². The zero-order valence-electron chi connectivity index (χ0n) is 9.18. The normalized spacial score (nSPS) is 9.88. The Hall–Kier alpha value is -2.43. The minimum absolute atomic E-state index is 0.159. The predicted octanol–water partition coefficient (Wildman–Crippen LogP) is 1.39. The molecular formula is C12H12N4O. The standard InChI is InChI=1S/C12H12N4O/c1-2-6-13-12(17)9-3-4-10(14-8-9)11-5-7-15-16-11/h2-5,7-8H,1,6H2,(H,13,17)(H,15,16). The summed E-state index contributed by atoms with van der Waals surface area (Å²) in [5, 5.41) is 9.34. The molecule has 2 heterocycles. The van der Waals surface area contributed by atoms with Gasteiger partial charge < -0.3 is 5.32 Å². The van der Waals surface area contributed by atoms with Crippen LogP contribution in [-0.4, -0.2) is 27.6 Å². The van der Waals surface area contributed by atoms with Gasteiger partial charge in [-0.3, -0.25) is 14.9 Å². The Kier molecular flexibility index (Phi) is 3.30. The highest BCUT2D eigenvalue weighted by Gasteiger charge is 2.06. The third-order valence-corrected chi connectivity index (χ3v) is 2.21. The minimum atomic E-state index is -0.159. The van der Waals surface area contributed by atoms with Crippen LogP contribution in [0.25, 0.3) is 11.4 Å². The fourth-order valence-corrected chi connectivity index (χ4v) is 1.35. The van der Waals surface area contributed by atoms with E-state index in [0.29, 0.717) is 12.1 Å². The van der Waals surface area contributed by atoms with Gasteiger partial charge in [0.25, 0.3) is 5.91 Å². The molecule has 0 saturated heterocycles. The molecular weight excluding hydrogens is 216 g/mol. The van der Waals surface area contributed by atoms with E-state index in [1.54, 1.807) is 24.4 Å². The molecule has 0 radical (unpaired) electrons. The van der Waals surface area contributed by atoms with E-state index in [9.17, 15) is 4.79 Å². The largest absolute Gasteiger partial charge is 0.349 e. The molecule has 1 amide bonds. The van der Waals surface area contributed by atoms with Gasteiger partial charge in [0.2, 0.25) is 0 Å². The first-order chi connectivity index (χ1) is 8.31. The van der Waals surface area contributed by atoms with Crippen molar-refractivity contribution in [3.8, 4) is 11.4 Å². The maximum absolute atomic E-state index is 11.6. The van der Waals surface area contributed by atoms with Crippen molar-refractivity contribution in [1.29, 1.82) is 0 Å². The number of H-pyrrole nitrogens is 1. The summed E-state index contributed by atoms with van der Waals surface area (Å²) in [5.41, 5.74) is 2.10. The van der Waals surface area contributed by atoms with Crippen molar-refractivity contribution in [1.82, 2.24) is 20.5 Å². The fourth-order valence-electron chi connectivity index (χ4n) is 1.35. The molecule has 2 aromatic rings. The maximum atomic E-state index is 11.6. The number of rotatable bonds is 4. The van der Waals surface area contributed by atoms with Gasteiger partial charge in [0.15, 0.2) is 0 Å². The summed E-state index contributed by atoms with van der Waals surface area (Å²) in [6, 6.07) is 5.32. The van der Waals surface area contributed by atoms with Gasteiger partial charge in [-0.05, 0) is 18.2 Å². The SMILES string of the molecule is C=CCNC(=O)c1ccc(-c2ccn[nH]2)nc1. The first kappa shape index (κ1) is 11.1. The van der Waals surface area contributed by atoms with Crippen LogP contribution in [0.4, 0.5) is 0 Å². The number of amides is 1. The van der Waals surface area contributed by atoms with Gasteiger partial charge in [0, 0.05) is 18.9 Å². The molecule has 2 aromatic heterocycles. The second kappa shape index (κ2) is 5.07. The van der Waals surface area contributed by atoms with Crippen LogP contribution in [0.15, 0.2) is 43.2 Å². The quantitative estimate of drug-likeness (QED) is 0.777. The fraction of sp³-hybridized carbons (Fsp3) is 0.0833. The molecule has 0 spiro atoms. The summed E-state index contributed by atoms with van der Waals surface area (Å²) in [6.45, 7) is 3.98. The molecule has 0 aliphatic heterocycles. The lowest BCUT2D eigenvalue weighted by Crippen LogP contribution is -2.23. The zero-order chi connectivity index (χ0) is 12.1. The van der Waals surface area contributed by atoms with Crippen molar-refractivity contribution in [2.45, 2.75) is 0 Å². The number of carbonyl (C=O) groups is 1. The van der Waals surface area contributed by atoms with Crippen LogP contribution in [0.1, 0.15) is 10.4 Å². The van der Waals surface area contributed by atoms with Gasteiger partial charge >= 0.3 is 0 Å². The Morgan fingerprint density at radius 3 is 2.94 bits per heavy atom. The number of carbonyl (C=O) groups excluding carboxylic acids is 1. The molecule has 5 nitrogen and oxygen atoms in total. The van der Waals surface area contributed by atoms with Gasteiger partial charge in [-0.1, -0.05) is 6.08 Å². The third-order valence-electron chi connectivity index (χ3n) is 2.21. The number of aromatic nitrogens is 3. The van der Waals surface area contributed by atoms with E-state index in [4.69, 9.17) is 0 Å². The Bertz CT molecular complexity index is 502. The molecule has 0 saturated carbocycles. The lowest BCUT2D eigenvalue weighted by atomic mass is 10.2. The summed E-state index contributed by atoms with van der Waals surface area (Å²) in [4.78, 5) is 15.8. The van der Waals surface area contributed by atoms with E-state index in [0.717, 1.165) is 11.4 Å². The number of nitrogens with one attached hydrogen (secondary N) is 2. The highest BCUT2D eigenvalue weighted by atomic mass is 16.1. The molecule has 0 aliphatic carbocycles. The molecule has 0 aliphatic rings. The molecule has 0 aromatic carbocycles. The van der Waals surface area contributed by atoms with Crippen molar-refractivity contribution in [3.63, 3.8) is 0 Å². The first-order valence-electron chi connectivity index (χ1n) is 5.16. The van der Waals surface area contributed by atoms with Crippen molar-refractivity contribution in [2.75, 3.05) is 6.54 Å². The lowest BCUT2D eigenvalue weighted by Gasteiger charge is -2.02. The molecule has 2 rings (SSSR count). The van der Waals surface area contributed by atoms with E-state index in [1.807, 2.05) is 6.07 Å². The highest BCUT2D eigenvalue weighted by Crippen LogP contribution is 2.12. The van der Waals surface area contributed by atoms with Gasteiger partial charge in [-0.15, -0.1) is 6.58 Å². The van der Waals surface area contributed by atoms with Crippen molar-refractivity contribution < 1.29 is 4.79 Å². The molecule has 0 bridgehead atoms. The Morgan fingerprint density at radius 2 is 2.35 bits per heavy atom. The number of hydrogen-bond donors (Lipinski definition) is 2. The van der Waals surface area contributed by atoms with Gasteiger partial charge in [-0.2, -0.15) is 5.10 Å². The van der Waals surface area contributed by atoms with Gasteiger partial charge in [-0.25, -0.2) is 0 Å². The van der Waals surface area contributed by atoms with Gasteiger partial charge in [0.05, 0.1) is 17.0 Å². The summed E-state index contributed by atoms with van der Waals surface area (Å²) in [6.07, 6.45) is 4.82.